The fraction of sp³-hybridized carbons (Fsp3) is 1.00. The lowest BCUT2D eigenvalue weighted by Gasteiger charge is -2.35. The second kappa shape index (κ2) is 7.79. The van der Waals surface area contributed by atoms with Crippen molar-refractivity contribution in [2.24, 2.45) is 17.3 Å². The van der Waals surface area contributed by atoms with Crippen molar-refractivity contribution < 1.29 is 0 Å². The van der Waals surface area contributed by atoms with Crippen LogP contribution >= 0.6 is 0 Å². The van der Waals surface area contributed by atoms with Gasteiger partial charge in [-0.1, -0.05) is 34.6 Å². The topological polar surface area (TPSA) is 15.3 Å². The molecule has 0 heterocycles. The fourth-order valence-corrected chi connectivity index (χ4v) is 3.87. The first-order chi connectivity index (χ1) is 9.27. The van der Waals surface area contributed by atoms with E-state index < -0.39 is 0 Å². The zero-order valence-corrected chi connectivity index (χ0v) is 15.0. The molecule has 0 aromatic carbocycles. The van der Waals surface area contributed by atoms with E-state index in [9.17, 15) is 0 Å². The minimum Gasteiger partial charge on any atom is -0.313 e. The second-order valence-electron chi connectivity index (χ2n) is 8.14. The molecule has 1 saturated carbocycles. The molecule has 3 atom stereocenters. The first-order valence-corrected chi connectivity index (χ1v) is 8.71. The van der Waals surface area contributed by atoms with Gasteiger partial charge in [-0.2, -0.15) is 0 Å². The summed E-state index contributed by atoms with van der Waals surface area (Å²) in [6, 6.07) is 1.39. The molecule has 3 unspecified atom stereocenters. The van der Waals surface area contributed by atoms with Crippen molar-refractivity contribution in [2.75, 3.05) is 20.1 Å². The van der Waals surface area contributed by atoms with Gasteiger partial charge in [0.15, 0.2) is 0 Å². The molecule has 0 saturated heterocycles. The van der Waals surface area contributed by atoms with Crippen LogP contribution < -0.4 is 5.32 Å². The number of nitrogens with one attached hydrogen (secondary N) is 1. The van der Waals surface area contributed by atoms with Crippen molar-refractivity contribution in [3.05, 3.63) is 0 Å². The smallest absolute Gasteiger partial charge is 0.0159 e. The summed E-state index contributed by atoms with van der Waals surface area (Å²) in [5.41, 5.74) is 0.460. The predicted octanol–water partition coefficient (Wildman–Crippen LogP) is 4.16. The Bertz CT molecular complexity index is 273. The minimum absolute atomic E-state index is 0.460. The molecule has 1 rings (SSSR count). The van der Waals surface area contributed by atoms with Gasteiger partial charge in [-0.05, 0) is 63.5 Å². The number of hydrogen-bond acceptors (Lipinski definition) is 2. The zero-order chi connectivity index (χ0) is 15.3. The number of rotatable bonds is 8. The average molecular weight is 283 g/mol. The molecule has 2 nitrogen and oxygen atoms in total. The molecule has 1 N–H and O–H groups in total. The van der Waals surface area contributed by atoms with Crippen LogP contribution in [0, 0.1) is 17.3 Å². The standard InChI is InChI=1S/C18H38N2/c1-8-11-19-17-16(9-10-18(17,5)6)13-20(7)15(4)12-14(2)3/h14-17,19H,8-13H2,1-7H3. The van der Waals surface area contributed by atoms with Gasteiger partial charge < -0.3 is 10.2 Å². The Labute approximate surface area is 127 Å². The molecule has 120 valence electrons. The third-order valence-electron chi connectivity index (χ3n) is 5.17. The monoisotopic (exact) mass is 282 g/mol. The summed E-state index contributed by atoms with van der Waals surface area (Å²) in [6.07, 6.45) is 5.29. The molecule has 0 amide bonds. The Morgan fingerprint density at radius 3 is 2.45 bits per heavy atom. The second-order valence-corrected chi connectivity index (χ2v) is 8.14. The molecule has 0 aromatic rings. The van der Waals surface area contributed by atoms with E-state index in [1.165, 1.54) is 32.2 Å². The molecule has 2 heteroatoms. The maximum atomic E-state index is 3.83. The van der Waals surface area contributed by atoms with Crippen LogP contribution in [0.4, 0.5) is 0 Å². The molecule has 0 radical (unpaired) electrons. The molecule has 1 aliphatic rings. The summed E-state index contributed by atoms with van der Waals surface area (Å²) >= 11 is 0. The van der Waals surface area contributed by atoms with Gasteiger partial charge in [0.25, 0.3) is 0 Å². The highest BCUT2D eigenvalue weighted by Crippen LogP contribution is 2.41. The van der Waals surface area contributed by atoms with Gasteiger partial charge in [-0.3, -0.25) is 0 Å². The zero-order valence-electron chi connectivity index (χ0n) is 15.0. The van der Waals surface area contributed by atoms with Crippen molar-refractivity contribution in [3.63, 3.8) is 0 Å². The quantitative estimate of drug-likeness (QED) is 0.719. The van der Waals surface area contributed by atoms with E-state index in [0.717, 1.165) is 18.4 Å². The summed E-state index contributed by atoms with van der Waals surface area (Å²) in [6.45, 7) is 16.6. The van der Waals surface area contributed by atoms with E-state index in [-0.39, 0.29) is 0 Å². The third-order valence-corrected chi connectivity index (χ3v) is 5.17. The molecule has 0 spiro atoms. The summed E-state index contributed by atoms with van der Waals surface area (Å²) in [5.74, 6) is 1.61. The van der Waals surface area contributed by atoms with Crippen molar-refractivity contribution >= 4 is 0 Å². The average Bonchev–Trinajstić information content (AvgIpc) is 2.61. The van der Waals surface area contributed by atoms with Crippen molar-refractivity contribution in [1.82, 2.24) is 10.2 Å². The Morgan fingerprint density at radius 1 is 1.25 bits per heavy atom. The van der Waals surface area contributed by atoms with Gasteiger partial charge in [0.2, 0.25) is 0 Å². The van der Waals surface area contributed by atoms with E-state index in [2.05, 4.69) is 58.8 Å². The Kier molecular flexibility index (Phi) is 7.00. The largest absolute Gasteiger partial charge is 0.313 e. The van der Waals surface area contributed by atoms with E-state index in [0.29, 0.717) is 17.5 Å². The molecule has 0 aliphatic heterocycles. The normalized spacial score (nSPS) is 27.4. The van der Waals surface area contributed by atoms with Crippen LogP contribution in [0.25, 0.3) is 0 Å². The van der Waals surface area contributed by atoms with Gasteiger partial charge in [-0.25, -0.2) is 0 Å². The van der Waals surface area contributed by atoms with Crippen LogP contribution in [0.1, 0.15) is 67.2 Å². The number of hydrogen-bond donors (Lipinski definition) is 1. The van der Waals surface area contributed by atoms with Gasteiger partial charge in [0.05, 0.1) is 0 Å². The predicted molar refractivity (Wildman–Crippen MR) is 90.1 cm³/mol. The molecular weight excluding hydrogens is 244 g/mol. The lowest BCUT2D eigenvalue weighted by Crippen LogP contribution is -2.46. The Balaban J connectivity index is 2.56. The van der Waals surface area contributed by atoms with Gasteiger partial charge >= 0.3 is 0 Å². The highest BCUT2D eigenvalue weighted by molar-refractivity contribution is 4.97. The van der Waals surface area contributed by atoms with Gasteiger partial charge in [-0.15, -0.1) is 0 Å². The highest BCUT2D eigenvalue weighted by atomic mass is 15.1. The minimum atomic E-state index is 0.460. The first kappa shape index (κ1) is 18.0. The molecule has 0 aromatic heterocycles. The summed E-state index contributed by atoms with van der Waals surface area (Å²) in [5, 5.41) is 3.83. The summed E-state index contributed by atoms with van der Waals surface area (Å²) < 4.78 is 0. The van der Waals surface area contributed by atoms with Crippen LogP contribution in [-0.4, -0.2) is 37.1 Å². The third kappa shape index (κ3) is 5.04. The lowest BCUT2D eigenvalue weighted by molar-refractivity contribution is 0.164. The first-order valence-electron chi connectivity index (χ1n) is 8.71. The van der Waals surface area contributed by atoms with E-state index in [4.69, 9.17) is 0 Å². The maximum absolute atomic E-state index is 3.83. The summed E-state index contributed by atoms with van der Waals surface area (Å²) in [4.78, 5) is 2.59. The van der Waals surface area contributed by atoms with Gasteiger partial charge in [0, 0.05) is 18.6 Å². The van der Waals surface area contributed by atoms with Crippen molar-refractivity contribution in [3.8, 4) is 0 Å². The lowest BCUT2D eigenvalue weighted by atomic mass is 9.84. The molecule has 1 fully saturated rings. The van der Waals surface area contributed by atoms with Crippen LogP contribution in [0.15, 0.2) is 0 Å². The maximum Gasteiger partial charge on any atom is 0.0159 e. The highest BCUT2D eigenvalue weighted by Gasteiger charge is 2.41. The van der Waals surface area contributed by atoms with Crippen molar-refractivity contribution in [2.45, 2.75) is 79.3 Å². The van der Waals surface area contributed by atoms with E-state index >= 15 is 0 Å². The Morgan fingerprint density at radius 2 is 1.90 bits per heavy atom. The van der Waals surface area contributed by atoms with Crippen LogP contribution in [0.5, 0.6) is 0 Å². The van der Waals surface area contributed by atoms with Crippen molar-refractivity contribution in [1.29, 1.82) is 0 Å². The summed E-state index contributed by atoms with van der Waals surface area (Å²) in [7, 11) is 2.31. The van der Waals surface area contributed by atoms with Crippen LogP contribution in [0.3, 0.4) is 0 Å². The Hall–Kier alpha value is -0.0800. The SMILES string of the molecule is CCCNC1C(CN(C)C(C)CC(C)C)CCC1(C)C. The number of nitrogens with zero attached hydrogens (tertiary/aromatic N) is 1. The molecule has 0 bridgehead atoms. The fourth-order valence-electron chi connectivity index (χ4n) is 3.87. The molecular formula is C18H38N2. The van der Waals surface area contributed by atoms with Crippen LogP contribution in [-0.2, 0) is 0 Å². The molecule has 20 heavy (non-hydrogen) atoms. The van der Waals surface area contributed by atoms with Gasteiger partial charge in [0.1, 0.15) is 0 Å². The molecule has 1 aliphatic carbocycles. The van der Waals surface area contributed by atoms with E-state index in [1.807, 2.05) is 0 Å². The van der Waals surface area contributed by atoms with Crippen LogP contribution in [0.2, 0.25) is 0 Å². The van der Waals surface area contributed by atoms with E-state index in [1.54, 1.807) is 0 Å².